The Bertz CT molecular complexity index is 1640. The van der Waals surface area contributed by atoms with Gasteiger partial charge in [0.2, 0.25) is 6.54 Å². The molecule has 0 N–H and O–H groups in total. The van der Waals surface area contributed by atoms with Crippen LogP contribution in [0.15, 0.2) is 36.4 Å². The van der Waals surface area contributed by atoms with E-state index in [2.05, 4.69) is 32.8 Å². The smallest absolute Gasteiger partial charge is 0.410 e. The van der Waals surface area contributed by atoms with Gasteiger partial charge in [-0.3, -0.25) is 9.80 Å². The number of rotatable bonds is 6. The molecular formula is C34H41ClFN7O3. The molecule has 3 aromatic rings. The zero-order valence-corrected chi connectivity index (χ0v) is 27.6. The molecule has 244 valence electrons. The summed E-state index contributed by atoms with van der Waals surface area (Å²) in [6, 6.07) is 12.0. The summed E-state index contributed by atoms with van der Waals surface area (Å²) in [6.07, 6.45) is -0.180. The highest BCUT2D eigenvalue weighted by Gasteiger charge is 2.38. The topological polar surface area (TPSA) is 78.6 Å². The van der Waals surface area contributed by atoms with Crippen molar-refractivity contribution < 1.29 is 18.7 Å². The van der Waals surface area contributed by atoms with E-state index in [-0.39, 0.29) is 31.2 Å². The lowest BCUT2D eigenvalue weighted by Gasteiger charge is -2.41. The lowest BCUT2D eigenvalue weighted by molar-refractivity contribution is 0.0155. The Labute approximate surface area is 274 Å². The number of ether oxygens (including phenoxy) is 2. The Morgan fingerprint density at radius 3 is 2.59 bits per heavy atom. The number of aromatic nitrogens is 2. The lowest BCUT2D eigenvalue weighted by atomic mass is 10.0. The third-order valence-corrected chi connectivity index (χ3v) is 9.26. The largest absolute Gasteiger partial charge is 0.462 e. The van der Waals surface area contributed by atoms with Crippen LogP contribution in [-0.4, -0.2) is 103 Å². The Balaban J connectivity index is 1.32. The van der Waals surface area contributed by atoms with Crippen molar-refractivity contribution in [1.82, 2.24) is 19.8 Å². The second-order valence-corrected chi connectivity index (χ2v) is 13.8. The molecule has 2 aromatic carbocycles. The molecule has 0 bridgehead atoms. The van der Waals surface area contributed by atoms with Crippen LogP contribution >= 0.6 is 11.6 Å². The molecule has 0 aliphatic carbocycles. The van der Waals surface area contributed by atoms with E-state index in [0.29, 0.717) is 50.6 Å². The maximum atomic E-state index is 14.1. The number of alkyl halides is 1. The van der Waals surface area contributed by atoms with Gasteiger partial charge in [0.05, 0.1) is 17.3 Å². The number of likely N-dealkylation sites (tertiary alicyclic amines) is 1. The average molecular weight is 650 g/mol. The number of anilines is 2. The second-order valence-electron chi connectivity index (χ2n) is 13.4. The number of amides is 1. The number of hydrogen-bond acceptors (Lipinski definition) is 8. The number of benzene rings is 2. The van der Waals surface area contributed by atoms with Crippen molar-refractivity contribution in [2.24, 2.45) is 0 Å². The van der Waals surface area contributed by atoms with Crippen LogP contribution in [0.4, 0.5) is 20.7 Å². The fourth-order valence-electron chi connectivity index (χ4n) is 6.71. The summed E-state index contributed by atoms with van der Waals surface area (Å²) >= 11 is 6.70. The quantitative estimate of drug-likeness (QED) is 0.319. The Kier molecular flexibility index (Phi) is 9.12. The van der Waals surface area contributed by atoms with E-state index < -0.39 is 17.9 Å². The molecule has 6 rings (SSSR count). The van der Waals surface area contributed by atoms with Gasteiger partial charge in [-0.25, -0.2) is 15.8 Å². The Hall–Kier alpha value is -3.88. The monoisotopic (exact) mass is 649 g/mol. The summed E-state index contributed by atoms with van der Waals surface area (Å²) < 4.78 is 26.0. The van der Waals surface area contributed by atoms with E-state index >= 15 is 0 Å². The summed E-state index contributed by atoms with van der Waals surface area (Å²) in [5.41, 5.74) is 2.30. The van der Waals surface area contributed by atoms with Crippen LogP contribution in [0.5, 0.6) is 6.01 Å². The molecule has 12 heteroatoms. The molecule has 3 aliphatic heterocycles. The van der Waals surface area contributed by atoms with Gasteiger partial charge < -0.3 is 24.1 Å². The van der Waals surface area contributed by atoms with Crippen LogP contribution in [0.3, 0.4) is 0 Å². The molecule has 1 amide bonds. The van der Waals surface area contributed by atoms with Gasteiger partial charge in [0.1, 0.15) is 30.2 Å². The maximum absolute atomic E-state index is 14.1. The number of piperazine rings is 1. The molecule has 0 spiro atoms. The van der Waals surface area contributed by atoms with Crippen LogP contribution < -0.4 is 14.5 Å². The minimum atomic E-state index is -0.875. The first-order valence-electron chi connectivity index (χ1n) is 15.9. The standard InChI is InChI=1S/C34H41ClFN7O3/c1-34(2,3)46-33(44)43-15-14-42(19-25(43)17-37-4)31-26-12-13-41(29-11-7-9-22-8-6-10-27(35)30(22)29)20-28(26)38-32(39-31)45-21-24-16-23(36)18-40(24)5/h6-11,23-25H,12-21H2,1-3,5H3/t23-,24-,25+/m1/s1. The minimum absolute atomic E-state index is 0.0622. The summed E-state index contributed by atoms with van der Waals surface area (Å²) in [5, 5.41) is 2.78. The first-order chi connectivity index (χ1) is 22.0. The summed E-state index contributed by atoms with van der Waals surface area (Å²) in [4.78, 5) is 34.6. The van der Waals surface area contributed by atoms with Crippen molar-refractivity contribution in [2.45, 2.75) is 64.0 Å². The number of halogens is 2. The van der Waals surface area contributed by atoms with Gasteiger partial charge in [-0.05, 0) is 58.2 Å². The van der Waals surface area contributed by atoms with Crippen LogP contribution in [0.25, 0.3) is 15.6 Å². The summed E-state index contributed by atoms with van der Waals surface area (Å²) in [6.45, 7) is 16.5. The molecule has 0 saturated carbocycles. The molecular weight excluding hydrogens is 609 g/mol. The van der Waals surface area contributed by atoms with Crippen LogP contribution in [-0.2, 0) is 17.7 Å². The second kappa shape index (κ2) is 13.1. The van der Waals surface area contributed by atoms with Gasteiger partial charge in [-0.2, -0.15) is 9.97 Å². The number of likely N-dealkylation sites (N-methyl/N-ethyl adjacent to an activating group) is 1. The number of fused-ring (bicyclic) bond motifs is 2. The van der Waals surface area contributed by atoms with Crippen molar-refractivity contribution in [1.29, 1.82) is 0 Å². The molecule has 2 saturated heterocycles. The molecule has 10 nitrogen and oxygen atoms in total. The normalized spacial score (nSPS) is 22.1. The SMILES string of the molecule is [C-]#[N+]C[C@H]1CN(c2nc(OC[C@H]3C[C@@H](F)CN3C)nc3c2CCN(c2cccc4cccc(Cl)c24)C3)CCN1C(=O)OC(C)(C)C. The number of nitrogens with zero attached hydrogens (tertiary/aromatic N) is 7. The van der Waals surface area contributed by atoms with E-state index in [1.807, 2.05) is 50.9 Å². The molecule has 0 unspecified atom stereocenters. The van der Waals surface area contributed by atoms with Crippen molar-refractivity contribution in [2.75, 3.05) is 62.7 Å². The molecule has 3 atom stereocenters. The molecule has 0 radical (unpaired) electrons. The van der Waals surface area contributed by atoms with Gasteiger partial charge in [0.25, 0.3) is 0 Å². The van der Waals surface area contributed by atoms with Crippen LogP contribution in [0, 0.1) is 6.57 Å². The third kappa shape index (κ3) is 6.79. The predicted molar refractivity (Wildman–Crippen MR) is 178 cm³/mol. The first-order valence-corrected chi connectivity index (χ1v) is 16.3. The van der Waals surface area contributed by atoms with Crippen molar-refractivity contribution >= 4 is 40.0 Å². The van der Waals surface area contributed by atoms with E-state index in [1.54, 1.807) is 4.90 Å². The van der Waals surface area contributed by atoms with Crippen molar-refractivity contribution in [3.05, 3.63) is 64.1 Å². The average Bonchev–Trinajstić information content (AvgIpc) is 3.34. The zero-order chi connectivity index (χ0) is 32.6. The van der Waals surface area contributed by atoms with Crippen LogP contribution in [0.2, 0.25) is 5.02 Å². The van der Waals surface area contributed by atoms with E-state index in [9.17, 15) is 9.18 Å². The molecule has 3 aliphatic rings. The zero-order valence-electron chi connectivity index (χ0n) is 26.9. The lowest BCUT2D eigenvalue weighted by Crippen LogP contribution is -2.57. The Morgan fingerprint density at radius 2 is 1.87 bits per heavy atom. The molecule has 1 aromatic heterocycles. The third-order valence-electron chi connectivity index (χ3n) is 8.95. The highest BCUT2D eigenvalue weighted by molar-refractivity contribution is 6.36. The summed E-state index contributed by atoms with van der Waals surface area (Å²) in [7, 11) is 1.90. The van der Waals surface area contributed by atoms with E-state index in [4.69, 9.17) is 37.6 Å². The fourth-order valence-corrected chi connectivity index (χ4v) is 6.99. The van der Waals surface area contributed by atoms with Crippen LogP contribution in [0.1, 0.15) is 38.4 Å². The molecule has 2 fully saturated rings. The molecule has 46 heavy (non-hydrogen) atoms. The van der Waals surface area contributed by atoms with Gasteiger partial charge in [0, 0.05) is 55.4 Å². The van der Waals surface area contributed by atoms with Gasteiger partial charge in [-0.15, -0.1) is 0 Å². The predicted octanol–water partition coefficient (Wildman–Crippen LogP) is 5.61. The number of carbonyl (C=O) groups is 1. The number of carbonyl (C=O) groups excluding carboxylic acids is 1. The minimum Gasteiger partial charge on any atom is -0.462 e. The Morgan fingerprint density at radius 1 is 1.09 bits per heavy atom. The summed E-state index contributed by atoms with van der Waals surface area (Å²) in [5.74, 6) is 0.762. The van der Waals surface area contributed by atoms with Gasteiger partial charge >= 0.3 is 12.1 Å². The van der Waals surface area contributed by atoms with Crippen molar-refractivity contribution in [3.63, 3.8) is 0 Å². The highest BCUT2D eigenvalue weighted by atomic mass is 35.5. The van der Waals surface area contributed by atoms with E-state index in [0.717, 1.165) is 40.1 Å². The van der Waals surface area contributed by atoms with Gasteiger partial charge in [-0.1, -0.05) is 35.9 Å². The maximum Gasteiger partial charge on any atom is 0.410 e. The highest BCUT2D eigenvalue weighted by Crippen LogP contribution is 2.37. The van der Waals surface area contributed by atoms with E-state index in [1.165, 1.54) is 0 Å². The van der Waals surface area contributed by atoms with Gasteiger partial charge in [0.15, 0.2) is 0 Å². The van der Waals surface area contributed by atoms with Crippen molar-refractivity contribution in [3.8, 4) is 6.01 Å². The number of hydrogen-bond donors (Lipinski definition) is 0. The molecule has 4 heterocycles. The first kappa shape index (κ1) is 32.1. The fraction of sp³-hybridized carbons (Fsp3) is 0.529.